The van der Waals surface area contributed by atoms with Crippen molar-refractivity contribution in [3.05, 3.63) is 59.1 Å². The monoisotopic (exact) mass is 298 g/mol. The van der Waals surface area contributed by atoms with Gasteiger partial charge in [0.1, 0.15) is 0 Å². The van der Waals surface area contributed by atoms with Crippen molar-refractivity contribution in [2.45, 2.75) is 6.92 Å². The number of aromatic nitrogens is 1. The summed E-state index contributed by atoms with van der Waals surface area (Å²) in [5.41, 5.74) is 8.04. The Balaban J connectivity index is 1.82. The number of ether oxygens (including phenoxy) is 2. The number of hydrogen-bond acceptors (Lipinski definition) is 5. The largest absolute Gasteiger partial charge is 0.619 e. The summed E-state index contributed by atoms with van der Waals surface area (Å²) >= 11 is 0. The number of nitrogens with zero attached hydrogens (tertiary/aromatic N) is 3. The van der Waals surface area contributed by atoms with Crippen molar-refractivity contribution in [3.63, 3.8) is 0 Å². The highest BCUT2D eigenvalue weighted by Gasteiger charge is 2.14. The Kier molecular flexibility index (Phi) is 3.61. The first-order valence-corrected chi connectivity index (χ1v) is 6.60. The van der Waals surface area contributed by atoms with Crippen molar-refractivity contribution in [2.24, 2.45) is 15.9 Å². The predicted molar refractivity (Wildman–Crippen MR) is 80.9 cm³/mol. The third-order valence-corrected chi connectivity index (χ3v) is 3.20. The predicted octanol–water partition coefficient (Wildman–Crippen LogP) is 1.18. The van der Waals surface area contributed by atoms with Gasteiger partial charge in [-0.05, 0) is 25.1 Å². The zero-order valence-corrected chi connectivity index (χ0v) is 11.9. The van der Waals surface area contributed by atoms with E-state index in [0.29, 0.717) is 21.8 Å². The first kappa shape index (κ1) is 13.9. The number of hydrogen-bond donors (Lipinski definition) is 1. The van der Waals surface area contributed by atoms with Crippen molar-refractivity contribution >= 4 is 11.5 Å². The molecule has 22 heavy (non-hydrogen) atoms. The van der Waals surface area contributed by atoms with E-state index in [1.54, 1.807) is 12.1 Å². The lowest BCUT2D eigenvalue weighted by Crippen LogP contribution is -2.25. The minimum absolute atomic E-state index is 0.230. The van der Waals surface area contributed by atoms with Gasteiger partial charge in [0.25, 0.3) is 0 Å². The molecule has 0 bridgehead atoms. The molecule has 0 aliphatic carbocycles. The fourth-order valence-electron chi connectivity index (χ4n) is 1.95. The molecule has 0 spiro atoms. The molecular formula is C15H14N4O3. The number of nitrogens with two attached hydrogens (primary N) is 1. The van der Waals surface area contributed by atoms with E-state index in [-0.39, 0.29) is 12.6 Å². The van der Waals surface area contributed by atoms with Crippen molar-refractivity contribution in [1.29, 1.82) is 0 Å². The summed E-state index contributed by atoms with van der Waals surface area (Å²) in [7, 11) is 0. The van der Waals surface area contributed by atoms with E-state index in [9.17, 15) is 5.21 Å². The summed E-state index contributed by atoms with van der Waals surface area (Å²) < 4.78 is 11.3. The molecule has 0 fully saturated rings. The summed E-state index contributed by atoms with van der Waals surface area (Å²) in [6, 6.07) is 8.71. The molecule has 1 aliphatic heterocycles. The molecule has 1 aliphatic rings. The lowest BCUT2D eigenvalue weighted by atomic mass is 10.1. The average Bonchev–Trinajstić information content (AvgIpc) is 3.00. The third kappa shape index (κ3) is 2.83. The lowest BCUT2D eigenvalue weighted by molar-refractivity contribution is -0.605. The van der Waals surface area contributed by atoms with Gasteiger partial charge in [0.05, 0.1) is 5.71 Å². The molecule has 1 aromatic carbocycles. The van der Waals surface area contributed by atoms with E-state index in [4.69, 9.17) is 15.2 Å². The quantitative estimate of drug-likeness (QED) is 0.302. The highest BCUT2D eigenvalue weighted by atomic mass is 16.7. The lowest BCUT2D eigenvalue weighted by Gasteiger charge is -2.02. The summed E-state index contributed by atoms with van der Waals surface area (Å²) in [5.74, 6) is 1.64. The van der Waals surface area contributed by atoms with E-state index in [0.717, 1.165) is 11.3 Å². The maximum atomic E-state index is 11.0. The molecule has 7 heteroatoms. The van der Waals surface area contributed by atoms with Crippen LogP contribution in [0.4, 0.5) is 0 Å². The summed E-state index contributed by atoms with van der Waals surface area (Å²) in [4.78, 5) is 0. The van der Waals surface area contributed by atoms with Gasteiger partial charge in [0.15, 0.2) is 29.7 Å². The van der Waals surface area contributed by atoms with E-state index >= 15 is 0 Å². The highest BCUT2D eigenvalue weighted by Crippen LogP contribution is 2.32. The van der Waals surface area contributed by atoms with Gasteiger partial charge in [-0.15, -0.1) is 5.10 Å². The molecular weight excluding hydrogens is 284 g/mol. The molecule has 2 aromatic rings. The summed E-state index contributed by atoms with van der Waals surface area (Å²) in [6.07, 6.45) is 2.71. The van der Waals surface area contributed by atoms with Gasteiger partial charge < -0.3 is 20.4 Å². The van der Waals surface area contributed by atoms with Crippen LogP contribution in [0, 0.1) is 5.21 Å². The van der Waals surface area contributed by atoms with Crippen LogP contribution in [0.1, 0.15) is 18.1 Å². The molecule has 0 amide bonds. The molecule has 2 N–H and O–H groups in total. The number of pyridine rings is 1. The van der Waals surface area contributed by atoms with Crippen LogP contribution in [0.2, 0.25) is 0 Å². The molecule has 1 aromatic heterocycles. The molecule has 2 heterocycles. The van der Waals surface area contributed by atoms with Gasteiger partial charge in [-0.1, -0.05) is 0 Å². The van der Waals surface area contributed by atoms with Crippen molar-refractivity contribution in [1.82, 2.24) is 0 Å². The zero-order chi connectivity index (χ0) is 15.5. The van der Waals surface area contributed by atoms with Crippen LogP contribution < -0.4 is 19.9 Å². The Morgan fingerprint density at radius 3 is 2.59 bits per heavy atom. The molecule has 0 unspecified atom stereocenters. The Morgan fingerprint density at radius 1 is 1.09 bits per heavy atom. The van der Waals surface area contributed by atoms with Crippen LogP contribution in [0.5, 0.6) is 11.5 Å². The summed E-state index contributed by atoms with van der Waals surface area (Å²) in [5, 5.41) is 19.1. The molecule has 0 atom stereocenters. The maximum absolute atomic E-state index is 11.0. The molecule has 7 nitrogen and oxygen atoms in total. The standard InChI is InChI=1S/C15H14N4O3/c1-10(12-2-3-13-14(8-12)22-9-21-13)17-18-15(16)11-4-6-19(20)7-5-11/h2-8H,9H2,1H3,(H2,16,18)/b17-10-. The van der Waals surface area contributed by atoms with Crippen LogP contribution in [-0.4, -0.2) is 18.3 Å². The first-order valence-electron chi connectivity index (χ1n) is 6.60. The number of amidine groups is 1. The molecule has 112 valence electrons. The van der Waals surface area contributed by atoms with E-state index < -0.39 is 0 Å². The Hall–Kier alpha value is -3.09. The normalized spacial score (nSPS) is 14.2. The second-order valence-electron chi connectivity index (χ2n) is 4.69. The average molecular weight is 298 g/mol. The van der Waals surface area contributed by atoms with E-state index in [2.05, 4.69) is 10.2 Å². The van der Waals surface area contributed by atoms with Crippen LogP contribution in [0.15, 0.2) is 52.9 Å². The van der Waals surface area contributed by atoms with Gasteiger partial charge in [-0.2, -0.15) is 9.83 Å². The third-order valence-electron chi connectivity index (χ3n) is 3.20. The van der Waals surface area contributed by atoms with Crippen LogP contribution in [0.3, 0.4) is 0 Å². The van der Waals surface area contributed by atoms with Crippen LogP contribution in [-0.2, 0) is 0 Å². The van der Waals surface area contributed by atoms with E-state index in [1.807, 2.05) is 25.1 Å². The van der Waals surface area contributed by atoms with Gasteiger partial charge in [0, 0.05) is 23.3 Å². The van der Waals surface area contributed by atoms with Crippen molar-refractivity contribution < 1.29 is 14.2 Å². The molecule has 0 radical (unpaired) electrons. The summed E-state index contributed by atoms with van der Waals surface area (Å²) in [6.45, 7) is 2.05. The second-order valence-corrected chi connectivity index (χ2v) is 4.69. The van der Waals surface area contributed by atoms with Gasteiger partial charge in [-0.3, -0.25) is 0 Å². The van der Waals surface area contributed by atoms with Gasteiger partial charge >= 0.3 is 0 Å². The Bertz CT molecular complexity index is 754. The number of benzene rings is 1. The SMILES string of the molecule is C/C(=N/N=C(/N)c1cc[n+]([O-])cc1)c1ccc2c(c1)OCO2. The molecule has 3 rings (SSSR count). The molecule has 0 saturated carbocycles. The van der Waals surface area contributed by atoms with Crippen molar-refractivity contribution in [3.8, 4) is 11.5 Å². The fourth-order valence-corrected chi connectivity index (χ4v) is 1.95. The van der Waals surface area contributed by atoms with Gasteiger partial charge in [0.2, 0.25) is 6.79 Å². The number of fused-ring (bicyclic) bond motifs is 1. The Morgan fingerprint density at radius 2 is 1.82 bits per heavy atom. The first-order chi connectivity index (χ1) is 10.6. The smallest absolute Gasteiger partial charge is 0.231 e. The van der Waals surface area contributed by atoms with E-state index in [1.165, 1.54) is 12.4 Å². The van der Waals surface area contributed by atoms with Crippen LogP contribution in [0.25, 0.3) is 0 Å². The van der Waals surface area contributed by atoms with Crippen molar-refractivity contribution in [2.75, 3.05) is 6.79 Å². The maximum Gasteiger partial charge on any atom is 0.231 e. The molecule has 0 saturated heterocycles. The van der Waals surface area contributed by atoms with Crippen LogP contribution >= 0.6 is 0 Å². The Labute approximate surface area is 126 Å². The zero-order valence-electron chi connectivity index (χ0n) is 11.9. The van der Waals surface area contributed by atoms with Gasteiger partial charge in [-0.25, -0.2) is 0 Å². The number of rotatable bonds is 3. The minimum atomic E-state index is 0.230. The topological polar surface area (TPSA) is 96.1 Å². The fraction of sp³-hybridized carbons (Fsp3) is 0.133. The second kappa shape index (κ2) is 5.72. The minimum Gasteiger partial charge on any atom is -0.619 e. The highest BCUT2D eigenvalue weighted by molar-refractivity contribution is 6.01.